The average Bonchev–Trinajstić information content (AvgIpc) is 3.71. The summed E-state index contributed by atoms with van der Waals surface area (Å²) in [5.41, 5.74) is 9.24. The van der Waals surface area contributed by atoms with Crippen LogP contribution in [0.3, 0.4) is 0 Å². The SMILES string of the molecule is CCn1c(-c2cccnc2C(C)C)c2c3cc(ccc31)-c1csc(n1)[C@@H](C)[C@H](NC(=O)OC(C)(C)C)C(=O)N1CCC[C@H](N1)C(=O)OCC(C)(C)C2. The quantitative estimate of drug-likeness (QED) is 0.206. The maximum Gasteiger partial charge on any atom is 0.408 e. The van der Waals surface area contributed by atoms with Crippen molar-refractivity contribution in [1.82, 2.24) is 30.3 Å². The van der Waals surface area contributed by atoms with E-state index in [0.29, 0.717) is 30.8 Å². The summed E-state index contributed by atoms with van der Waals surface area (Å²) in [6.07, 6.45) is 2.93. The Morgan fingerprint density at radius 1 is 1.21 bits per heavy atom. The first-order chi connectivity index (χ1) is 24.6. The number of benzene rings is 1. The summed E-state index contributed by atoms with van der Waals surface area (Å²) in [5, 5.41) is 8.09. The van der Waals surface area contributed by atoms with Crippen molar-refractivity contribution in [2.75, 3.05) is 13.2 Å². The number of hydrazine groups is 1. The topological polar surface area (TPSA) is 128 Å². The highest BCUT2D eigenvalue weighted by Gasteiger charge is 2.38. The fraction of sp³-hybridized carbons (Fsp3) is 0.525. The van der Waals surface area contributed by atoms with Gasteiger partial charge in [-0.25, -0.2) is 15.2 Å². The molecule has 3 atom stereocenters. The molecule has 2 amide bonds. The Bertz CT molecular complexity index is 1970. The number of carbonyl (C=O) groups is 3. The molecule has 1 aromatic carbocycles. The Morgan fingerprint density at radius 2 is 1.98 bits per heavy atom. The molecule has 0 aliphatic carbocycles. The molecular weight excluding hydrogens is 677 g/mol. The van der Waals surface area contributed by atoms with Crippen molar-refractivity contribution in [2.24, 2.45) is 5.41 Å². The van der Waals surface area contributed by atoms with Crippen LogP contribution in [-0.2, 0) is 32.0 Å². The van der Waals surface area contributed by atoms with E-state index in [4.69, 9.17) is 19.4 Å². The van der Waals surface area contributed by atoms with Crippen LogP contribution in [0.4, 0.5) is 4.79 Å². The van der Waals surface area contributed by atoms with Gasteiger partial charge in [-0.15, -0.1) is 11.3 Å². The number of ether oxygens (including phenoxy) is 2. The van der Waals surface area contributed by atoms with E-state index in [1.165, 1.54) is 21.9 Å². The highest BCUT2D eigenvalue weighted by molar-refractivity contribution is 7.10. The van der Waals surface area contributed by atoms with E-state index >= 15 is 0 Å². The number of thiazole rings is 1. The predicted octanol–water partition coefficient (Wildman–Crippen LogP) is 7.59. The van der Waals surface area contributed by atoms with Gasteiger partial charge in [0.05, 0.1) is 28.7 Å². The molecule has 0 spiro atoms. The lowest BCUT2D eigenvalue weighted by molar-refractivity contribution is -0.155. The van der Waals surface area contributed by atoms with Gasteiger partial charge >= 0.3 is 12.1 Å². The number of nitrogens with zero attached hydrogens (tertiary/aromatic N) is 4. The second-order valence-corrected chi connectivity index (χ2v) is 17.0. The van der Waals surface area contributed by atoms with Gasteiger partial charge < -0.3 is 19.4 Å². The Hall–Kier alpha value is -4.29. The van der Waals surface area contributed by atoms with Crippen molar-refractivity contribution < 1.29 is 23.9 Å². The van der Waals surface area contributed by atoms with Gasteiger partial charge in [-0.05, 0) is 82.7 Å². The summed E-state index contributed by atoms with van der Waals surface area (Å²) in [6.45, 7) is 19.3. The first-order valence-electron chi connectivity index (χ1n) is 18.4. The number of cyclic esters (lactones) is 1. The van der Waals surface area contributed by atoms with Crippen molar-refractivity contribution in [2.45, 2.75) is 118 Å². The maximum absolute atomic E-state index is 14.2. The Labute approximate surface area is 310 Å². The zero-order chi connectivity index (χ0) is 37.5. The minimum Gasteiger partial charge on any atom is -0.464 e. The van der Waals surface area contributed by atoms with E-state index in [1.54, 1.807) is 20.8 Å². The Balaban J connectivity index is 1.51. The van der Waals surface area contributed by atoms with E-state index in [2.05, 4.69) is 74.2 Å². The molecule has 52 heavy (non-hydrogen) atoms. The van der Waals surface area contributed by atoms with E-state index < -0.39 is 41.1 Å². The lowest BCUT2D eigenvalue weighted by Crippen LogP contribution is -2.61. The lowest BCUT2D eigenvalue weighted by Gasteiger charge is -2.36. The van der Waals surface area contributed by atoms with Crippen LogP contribution in [0, 0.1) is 5.41 Å². The number of nitrogens with one attached hydrogen (secondary N) is 2. The Kier molecular flexibility index (Phi) is 10.5. The van der Waals surface area contributed by atoms with Crippen molar-refractivity contribution >= 4 is 40.2 Å². The van der Waals surface area contributed by atoms with Gasteiger partial charge in [0, 0.05) is 58.0 Å². The number of aromatic nitrogens is 3. The molecule has 1 saturated heterocycles. The monoisotopic (exact) mass is 728 g/mol. The second kappa shape index (κ2) is 14.6. The lowest BCUT2D eigenvalue weighted by atomic mass is 9.84. The highest BCUT2D eigenvalue weighted by atomic mass is 32.1. The fourth-order valence-corrected chi connectivity index (χ4v) is 8.19. The van der Waals surface area contributed by atoms with E-state index in [-0.39, 0.29) is 18.4 Å². The molecule has 6 rings (SSSR count). The summed E-state index contributed by atoms with van der Waals surface area (Å²) in [4.78, 5) is 50.8. The normalized spacial score (nSPS) is 21.2. The third-order valence-electron chi connectivity index (χ3n) is 9.77. The van der Waals surface area contributed by atoms with E-state index in [1.807, 2.05) is 24.6 Å². The van der Waals surface area contributed by atoms with Gasteiger partial charge in [0.2, 0.25) is 0 Å². The largest absolute Gasteiger partial charge is 0.464 e. The van der Waals surface area contributed by atoms with Crippen molar-refractivity contribution in [3.8, 4) is 22.5 Å². The van der Waals surface area contributed by atoms with Gasteiger partial charge in [0.25, 0.3) is 5.91 Å². The molecule has 0 unspecified atom stereocenters. The number of amides is 2. The van der Waals surface area contributed by atoms with Crippen LogP contribution in [0.5, 0.6) is 0 Å². The zero-order valence-corrected chi connectivity index (χ0v) is 32.6. The summed E-state index contributed by atoms with van der Waals surface area (Å²) < 4.78 is 14.0. The fourth-order valence-electron chi connectivity index (χ4n) is 7.26. The van der Waals surface area contributed by atoms with Crippen LogP contribution < -0.4 is 10.7 Å². The third kappa shape index (κ3) is 7.73. The first kappa shape index (κ1) is 37.5. The second-order valence-electron chi connectivity index (χ2n) is 16.1. The zero-order valence-electron chi connectivity index (χ0n) is 31.8. The van der Waals surface area contributed by atoms with Crippen molar-refractivity contribution in [3.63, 3.8) is 0 Å². The number of carbonyl (C=O) groups excluding carboxylic acids is 3. The summed E-state index contributed by atoms with van der Waals surface area (Å²) >= 11 is 1.45. The Morgan fingerprint density at radius 3 is 2.69 bits per heavy atom. The van der Waals surface area contributed by atoms with E-state index in [9.17, 15) is 14.4 Å². The molecule has 278 valence electrons. The minimum absolute atomic E-state index is 0.190. The highest BCUT2D eigenvalue weighted by Crippen LogP contribution is 2.42. The molecule has 0 radical (unpaired) electrons. The van der Waals surface area contributed by atoms with Crippen LogP contribution in [0.25, 0.3) is 33.4 Å². The van der Waals surface area contributed by atoms with Crippen molar-refractivity contribution in [1.29, 1.82) is 0 Å². The number of hydrogen-bond acceptors (Lipinski definition) is 9. The molecular formula is C40H52N6O5S. The van der Waals surface area contributed by atoms with Crippen LogP contribution >= 0.6 is 11.3 Å². The molecule has 4 aromatic rings. The number of rotatable bonds is 4. The molecule has 11 nitrogen and oxygen atoms in total. The molecule has 0 saturated carbocycles. The first-order valence-corrected chi connectivity index (χ1v) is 19.2. The number of alkyl carbamates (subject to hydrolysis) is 1. The van der Waals surface area contributed by atoms with Crippen LogP contribution in [0.2, 0.25) is 0 Å². The van der Waals surface area contributed by atoms with Gasteiger partial charge in [-0.2, -0.15) is 0 Å². The smallest absolute Gasteiger partial charge is 0.408 e. The third-order valence-corrected chi connectivity index (χ3v) is 10.8. The minimum atomic E-state index is -1.00. The standard InChI is InChI=1S/C40H52N6O5S/c1-10-45-31-16-15-25-19-27(31)28(34(45)26-13-11-17-41-32(26)23(2)3)20-40(8,9)22-50-37(48)29-14-12-18-46(44-29)36(47)33(43-38(49)51-39(5,6)7)24(4)35-42-30(25)21-52-35/h11,13,15-17,19,21,23-24,29,33,44H,10,12,14,18,20,22H2,1-9H3,(H,43,49)/t24-,29-,33-/m0/s1. The van der Waals surface area contributed by atoms with Crippen LogP contribution in [0.1, 0.15) is 103 Å². The summed E-state index contributed by atoms with van der Waals surface area (Å²) in [7, 11) is 0. The average molecular weight is 729 g/mol. The van der Waals surface area contributed by atoms with Crippen LogP contribution in [0.15, 0.2) is 41.9 Å². The number of pyridine rings is 1. The molecule has 5 heterocycles. The van der Waals surface area contributed by atoms with Crippen molar-refractivity contribution in [3.05, 3.63) is 58.2 Å². The van der Waals surface area contributed by atoms with Gasteiger partial charge in [-0.1, -0.05) is 40.7 Å². The molecule has 2 aliphatic heterocycles. The van der Waals surface area contributed by atoms with Gasteiger partial charge in [-0.3, -0.25) is 19.6 Å². The number of hydrogen-bond donors (Lipinski definition) is 2. The molecule has 2 aliphatic rings. The summed E-state index contributed by atoms with van der Waals surface area (Å²) in [6, 6.07) is 8.93. The number of aryl methyl sites for hydroxylation is 1. The number of fused-ring (bicyclic) bond motifs is 6. The molecule has 12 heteroatoms. The molecule has 3 aromatic heterocycles. The maximum atomic E-state index is 14.2. The molecule has 2 N–H and O–H groups in total. The predicted molar refractivity (Wildman–Crippen MR) is 204 cm³/mol. The molecule has 1 fully saturated rings. The summed E-state index contributed by atoms with van der Waals surface area (Å²) in [5.74, 6) is -1.06. The van der Waals surface area contributed by atoms with E-state index in [0.717, 1.165) is 45.7 Å². The van der Waals surface area contributed by atoms with Crippen LogP contribution in [-0.4, -0.2) is 68.4 Å². The molecule has 6 bridgehead atoms. The van der Waals surface area contributed by atoms with Gasteiger partial charge in [0.15, 0.2) is 0 Å². The van der Waals surface area contributed by atoms with Gasteiger partial charge in [0.1, 0.15) is 17.7 Å². The number of esters is 1.